The van der Waals surface area contributed by atoms with Crippen LogP contribution in [0.5, 0.6) is 17.2 Å². The zero-order chi connectivity index (χ0) is 28.6. The average molecular weight is 541 g/mol. The maximum atomic E-state index is 12.4. The van der Waals surface area contributed by atoms with E-state index in [0.29, 0.717) is 48.9 Å². The number of aliphatic hydroxyl groups excluding tert-OH is 1. The topological polar surface area (TPSA) is 108 Å². The van der Waals surface area contributed by atoms with E-state index in [1.807, 2.05) is 0 Å². The summed E-state index contributed by atoms with van der Waals surface area (Å²) in [6.07, 6.45) is 10.4. The van der Waals surface area contributed by atoms with E-state index >= 15 is 0 Å². The predicted molar refractivity (Wildman–Crippen MR) is 150 cm³/mol. The van der Waals surface area contributed by atoms with Gasteiger partial charge < -0.3 is 24.1 Å². The van der Waals surface area contributed by atoms with Gasteiger partial charge in [0.1, 0.15) is 23.5 Å². The highest BCUT2D eigenvalue weighted by atomic mass is 16.5. The SMILES string of the molecule is C=CC(=O)OCCCCCCOc1ccc(OC(=O)c2ccc(OCCCCCCO)cc2)cc1.C=CC=O. The monoisotopic (exact) mass is 540 g/mol. The van der Waals surface area contributed by atoms with Crippen LogP contribution in [0, 0.1) is 0 Å². The Hall–Kier alpha value is -3.91. The van der Waals surface area contributed by atoms with Crippen LogP contribution in [0.25, 0.3) is 0 Å². The molecular weight excluding hydrogens is 500 g/mol. The molecule has 2 rings (SSSR count). The van der Waals surface area contributed by atoms with Crippen molar-refractivity contribution in [1.82, 2.24) is 0 Å². The Morgan fingerprint density at radius 3 is 1.64 bits per heavy atom. The molecule has 8 nitrogen and oxygen atoms in total. The van der Waals surface area contributed by atoms with Gasteiger partial charge in [0.25, 0.3) is 0 Å². The molecule has 2 aromatic carbocycles. The number of carbonyl (C=O) groups excluding carboxylic acids is 3. The normalized spacial score (nSPS) is 9.87. The lowest BCUT2D eigenvalue weighted by atomic mass is 10.2. The Kier molecular flexibility index (Phi) is 18.8. The van der Waals surface area contributed by atoms with Crippen molar-refractivity contribution in [3.8, 4) is 17.2 Å². The van der Waals surface area contributed by atoms with Crippen molar-refractivity contribution in [2.75, 3.05) is 26.4 Å². The lowest BCUT2D eigenvalue weighted by Crippen LogP contribution is -2.08. The van der Waals surface area contributed by atoms with E-state index in [1.165, 1.54) is 12.2 Å². The van der Waals surface area contributed by atoms with Crippen molar-refractivity contribution in [2.24, 2.45) is 0 Å². The van der Waals surface area contributed by atoms with E-state index in [0.717, 1.165) is 51.4 Å². The van der Waals surface area contributed by atoms with E-state index in [4.69, 9.17) is 28.8 Å². The van der Waals surface area contributed by atoms with Crippen LogP contribution in [-0.2, 0) is 14.3 Å². The van der Waals surface area contributed by atoms with Crippen molar-refractivity contribution in [3.63, 3.8) is 0 Å². The van der Waals surface area contributed by atoms with Crippen molar-refractivity contribution in [1.29, 1.82) is 0 Å². The van der Waals surface area contributed by atoms with Gasteiger partial charge in [-0.05, 0) is 99.6 Å². The van der Waals surface area contributed by atoms with E-state index in [-0.39, 0.29) is 12.6 Å². The molecule has 0 aliphatic carbocycles. The second kappa shape index (κ2) is 22.1. The van der Waals surface area contributed by atoms with Gasteiger partial charge in [0, 0.05) is 12.7 Å². The molecule has 0 aromatic heterocycles. The third-order valence-corrected chi connectivity index (χ3v) is 5.26. The van der Waals surface area contributed by atoms with Crippen LogP contribution < -0.4 is 14.2 Å². The standard InChI is InChI=1S/C28H36O7.C3H4O/c1-2-27(30)34-22-10-6-5-9-21-33-25-15-17-26(18-16-25)35-28(31)23-11-13-24(14-12-23)32-20-8-4-3-7-19-29;1-2-3-4/h2,11-18,29H,1,3-10,19-22H2;2-3H,1H2. The molecule has 2 aromatic rings. The number of ether oxygens (including phenoxy) is 4. The Morgan fingerprint density at radius 2 is 1.15 bits per heavy atom. The summed E-state index contributed by atoms with van der Waals surface area (Å²) in [5.41, 5.74) is 0.444. The van der Waals surface area contributed by atoms with Crippen LogP contribution in [0.2, 0.25) is 0 Å². The number of aliphatic hydroxyl groups is 1. The number of rotatable bonds is 19. The van der Waals surface area contributed by atoms with Gasteiger partial charge in [-0.3, -0.25) is 4.79 Å². The molecule has 8 heteroatoms. The summed E-state index contributed by atoms with van der Waals surface area (Å²) in [4.78, 5) is 32.4. The van der Waals surface area contributed by atoms with Crippen molar-refractivity contribution in [3.05, 3.63) is 79.4 Å². The molecule has 1 N–H and O–H groups in total. The maximum Gasteiger partial charge on any atom is 0.343 e. The summed E-state index contributed by atoms with van der Waals surface area (Å²) < 4.78 is 21.8. The number of hydrogen-bond donors (Lipinski definition) is 1. The molecule has 0 heterocycles. The quantitative estimate of drug-likeness (QED) is 0.0774. The van der Waals surface area contributed by atoms with Gasteiger partial charge in [0.15, 0.2) is 0 Å². The highest BCUT2D eigenvalue weighted by Gasteiger charge is 2.09. The molecule has 0 atom stereocenters. The molecule has 0 amide bonds. The molecule has 0 aliphatic heterocycles. The fourth-order valence-corrected chi connectivity index (χ4v) is 3.19. The molecule has 0 saturated carbocycles. The third kappa shape index (κ3) is 16.5. The summed E-state index contributed by atoms with van der Waals surface area (Å²) >= 11 is 0. The molecule has 0 spiro atoms. The minimum atomic E-state index is -0.437. The molecule has 0 radical (unpaired) electrons. The first-order valence-electron chi connectivity index (χ1n) is 13.2. The van der Waals surface area contributed by atoms with Crippen LogP contribution in [-0.4, -0.2) is 49.8 Å². The zero-order valence-electron chi connectivity index (χ0n) is 22.6. The minimum Gasteiger partial charge on any atom is -0.494 e. The Bertz CT molecular complexity index is 961. The molecule has 0 fully saturated rings. The summed E-state index contributed by atoms with van der Waals surface area (Å²) in [6, 6.07) is 13.8. The minimum absolute atomic E-state index is 0.233. The molecule has 0 bridgehead atoms. The molecule has 212 valence electrons. The van der Waals surface area contributed by atoms with Gasteiger partial charge in [0.2, 0.25) is 0 Å². The van der Waals surface area contributed by atoms with Gasteiger partial charge in [-0.25, -0.2) is 9.59 Å². The smallest absolute Gasteiger partial charge is 0.343 e. The Labute approximate surface area is 231 Å². The number of allylic oxidation sites excluding steroid dienone is 1. The van der Waals surface area contributed by atoms with Crippen LogP contribution in [0.1, 0.15) is 61.7 Å². The fourth-order valence-electron chi connectivity index (χ4n) is 3.19. The van der Waals surface area contributed by atoms with E-state index in [9.17, 15) is 9.59 Å². The molecule has 0 unspecified atom stereocenters. The first-order valence-corrected chi connectivity index (χ1v) is 13.2. The van der Waals surface area contributed by atoms with Crippen LogP contribution in [0.3, 0.4) is 0 Å². The Balaban J connectivity index is 0.00000177. The van der Waals surface area contributed by atoms with Crippen molar-refractivity contribution in [2.45, 2.75) is 51.4 Å². The summed E-state index contributed by atoms with van der Waals surface area (Å²) in [5.74, 6) is 1.04. The van der Waals surface area contributed by atoms with Crippen LogP contribution in [0.4, 0.5) is 0 Å². The van der Waals surface area contributed by atoms with Gasteiger partial charge >= 0.3 is 11.9 Å². The van der Waals surface area contributed by atoms with E-state index < -0.39 is 5.97 Å². The van der Waals surface area contributed by atoms with Gasteiger partial charge in [0.05, 0.1) is 25.4 Å². The number of aldehydes is 1. The predicted octanol–water partition coefficient (Wildman–Crippen LogP) is 5.88. The van der Waals surface area contributed by atoms with Crippen LogP contribution >= 0.6 is 0 Å². The van der Waals surface area contributed by atoms with Crippen molar-refractivity contribution >= 4 is 18.2 Å². The zero-order valence-corrected chi connectivity index (χ0v) is 22.6. The lowest BCUT2D eigenvalue weighted by Gasteiger charge is -2.09. The number of carbonyl (C=O) groups is 3. The Morgan fingerprint density at radius 1 is 0.692 bits per heavy atom. The summed E-state index contributed by atoms with van der Waals surface area (Å²) in [6.45, 7) is 8.31. The second-order valence-corrected chi connectivity index (χ2v) is 8.38. The fraction of sp³-hybridized carbons (Fsp3) is 0.387. The third-order valence-electron chi connectivity index (χ3n) is 5.26. The molecule has 0 aliphatic rings. The average Bonchev–Trinajstić information content (AvgIpc) is 2.97. The lowest BCUT2D eigenvalue weighted by molar-refractivity contribution is -0.137. The maximum absolute atomic E-state index is 12.4. The summed E-state index contributed by atoms with van der Waals surface area (Å²) in [7, 11) is 0. The van der Waals surface area contributed by atoms with E-state index in [2.05, 4.69) is 13.2 Å². The summed E-state index contributed by atoms with van der Waals surface area (Å²) in [5, 5.41) is 8.77. The molecule has 39 heavy (non-hydrogen) atoms. The first-order chi connectivity index (χ1) is 19.0. The number of hydrogen-bond acceptors (Lipinski definition) is 8. The molecular formula is C31H40O8. The van der Waals surface area contributed by atoms with Gasteiger partial charge in [-0.1, -0.05) is 19.6 Å². The number of esters is 2. The molecule has 0 saturated heterocycles. The van der Waals surface area contributed by atoms with Gasteiger partial charge in [-0.15, -0.1) is 0 Å². The van der Waals surface area contributed by atoms with E-state index in [1.54, 1.807) is 48.5 Å². The number of benzene rings is 2. The van der Waals surface area contributed by atoms with Crippen LogP contribution in [0.15, 0.2) is 73.8 Å². The largest absolute Gasteiger partial charge is 0.494 e. The number of unbranched alkanes of at least 4 members (excludes halogenated alkanes) is 6. The van der Waals surface area contributed by atoms with Gasteiger partial charge in [-0.2, -0.15) is 0 Å². The first kappa shape index (κ1) is 33.1. The second-order valence-electron chi connectivity index (χ2n) is 8.38. The van der Waals surface area contributed by atoms with Crippen molar-refractivity contribution < 1.29 is 38.4 Å². The highest BCUT2D eigenvalue weighted by Crippen LogP contribution is 2.20. The highest BCUT2D eigenvalue weighted by molar-refractivity contribution is 5.91.